The summed E-state index contributed by atoms with van der Waals surface area (Å²) < 4.78 is 35.4. The zero-order chi connectivity index (χ0) is 13.1. The van der Waals surface area contributed by atoms with Crippen LogP contribution in [0.3, 0.4) is 0 Å². The van der Waals surface area contributed by atoms with Gasteiger partial charge in [-0.15, -0.1) is 11.3 Å². The van der Waals surface area contributed by atoms with E-state index in [4.69, 9.17) is 0 Å². The fraction of sp³-hybridized carbons (Fsp3) is 0.556. The molecule has 0 unspecified atom stereocenters. The largest absolute Gasteiger partial charge is 0.405 e. The zero-order valence-electron chi connectivity index (χ0n) is 9.26. The number of carbonyl (C=O) groups excluding carboxylic acids is 1. The van der Waals surface area contributed by atoms with Crippen molar-refractivity contribution < 1.29 is 18.0 Å². The van der Waals surface area contributed by atoms with E-state index in [2.05, 4.69) is 10.3 Å². The van der Waals surface area contributed by atoms with Gasteiger partial charge in [-0.3, -0.25) is 5.32 Å². The summed E-state index contributed by atoms with van der Waals surface area (Å²) in [6, 6.07) is -0.910. The van der Waals surface area contributed by atoms with E-state index in [1.807, 2.05) is 13.8 Å². The van der Waals surface area contributed by atoms with E-state index in [1.54, 1.807) is 10.7 Å². The molecule has 1 aromatic heterocycles. The number of nitrogens with one attached hydrogen (secondary N) is 2. The molecule has 0 aromatic carbocycles. The first kappa shape index (κ1) is 13.8. The molecule has 0 atom stereocenters. The summed E-state index contributed by atoms with van der Waals surface area (Å²) in [4.78, 5) is 15.1. The minimum absolute atomic E-state index is 0.208. The molecule has 0 aliphatic heterocycles. The number of nitrogens with zero attached hydrogens (tertiary/aromatic N) is 1. The van der Waals surface area contributed by atoms with Gasteiger partial charge in [-0.25, -0.2) is 9.78 Å². The molecule has 2 N–H and O–H groups in total. The highest BCUT2D eigenvalue weighted by molar-refractivity contribution is 7.13. The molecule has 4 nitrogen and oxygen atoms in total. The van der Waals surface area contributed by atoms with Crippen molar-refractivity contribution in [1.82, 2.24) is 10.3 Å². The number of urea groups is 1. The van der Waals surface area contributed by atoms with Crippen LogP contribution in [0.25, 0.3) is 0 Å². The van der Waals surface area contributed by atoms with Crippen LogP contribution in [-0.2, 0) is 0 Å². The van der Waals surface area contributed by atoms with Crippen molar-refractivity contribution in [3.05, 3.63) is 11.1 Å². The molecule has 17 heavy (non-hydrogen) atoms. The maximum atomic E-state index is 11.8. The summed E-state index contributed by atoms with van der Waals surface area (Å²) in [5.74, 6) is 0.208. The Kier molecular flexibility index (Phi) is 4.33. The predicted molar refractivity (Wildman–Crippen MR) is 59.3 cm³/mol. The Morgan fingerprint density at radius 2 is 2.18 bits per heavy atom. The molecule has 1 heterocycles. The van der Waals surface area contributed by atoms with E-state index in [0.29, 0.717) is 0 Å². The number of halogens is 3. The van der Waals surface area contributed by atoms with Crippen LogP contribution in [0.15, 0.2) is 5.38 Å². The van der Waals surface area contributed by atoms with Gasteiger partial charge >= 0.3 is 12.2 Å². The molecule has 8 heteroatoms. The van der Waals surface area contributed by atoms with Gasteiger partial charge in [0.2, 0.25) is 0 Å². The van der Waals surface area contributed by atoms with E-state index in [-0.39, 0.29) is 11.0 Å². The summed E-state index contributed by atoms with van der Waals surface area (Å²) >= 11 is 1.18. The molecule has 0 aliphatic carbocycles. The van der Waals surface area contributed by atoms with Gasteiger partial charge in [0.1, 0.15) is 6.54 Å². The predicted octanol–water partition coefficient (Wildman–Crippen LogP) is 2.95. The quantitative estimate of drug-likeness (QED) is 0.884. The van der Waals surface area contributed by atoms with Crippen molar-refractivity contribution in [2.75, 3.05) is 11.9 Å². The lowest BCUT2D eigenvalue weighted by atomic mass is 10.2. The summed E-state index contributed by atoms with van der Waals surface area (Å²) in [6.45, 7) is 2.51. The van der Waals surface area contributed by atoms with Crippen molar-refractivity contribution >= 4 is 22.5 Å². The molecule has 0 saturated heterocycles. The number of anilines is 1. The van der Waals surface area contributed by atoms with Crippen molar-refractivity contribution in [2.24, 2.45) is 0 Å². The molecule has 0 spiro atoms. The van der Waals surface area contributed by atoms with Crippen molar-refractivity contribution in [2.45, 2.75) is 25.9 Å². The van der Waals surface area contributed by atoms with Crippen molar-refractivity contribution in [1.29, 1.82) is 0 Å². The first-order valence-corrected chi connectivity index (χ1v) is 5.73. The van der Waals surface area contributed by atoms with E-state index < -0.39 is 18.8 Å². The molecule has 0 radical (unpaired) electrons. The van der Waals surface area contributed by atoms with Gasteiger partial charge < -0.3 is 5.32 Å². The van der Waals surface area contributed by atoms with Crippen molar-refractivity contribution in [3.63, 3.8) is 0 Å². The second-order valence-electron chi connectivity index (χ2n) is 3.66. The minimum atomic E-state index is -4.41. The smallest absolute Gasteiger partial charge is 0.329 e. The molecular formula is C9H12F3N3OS. The first-order chi connectivity index (χ1) is 7.78. The second kappa shape index (κ2) is 5.35. The number of thiazole rings is 1. The topological polar surface area (TPSA) is 54.0 Å². The molecule has 0 fully saturated rings. The monoisotopic (exact) mass is 267 g/mol. The minimum Gasteiger partial charge on any atom is -0.329 e. The third-order valence-corrected chi connectivity index (χ3v) is 2.56. The maximum absolute atomic E-state index is 11.8. The van der Waals surface area contributed by atoms with E-state index in [1.165, 1.54) is 11.3 Å². The molecule has 0 bridgehead atoms. The Balaban J connectivity index is 2.45. The molecule has 96 valence electrons. The number of amides is 2. The molecule has 1 rings (SSSR count). The van der Waals surface area contributed by atoms with E-state index >= 15 is 0 Å². The van der Waals surface area contributed by atoms with Crippen LogP contribution in [0.1, 0.15) is 25.5 Å². The average molecular weight is 267 g/mol. The Hall–Kier alpha value is -1.31. The Morgan fingerprint density at radius 1 is 1.53 bits per heavy atom. The van der Waals surface area contributed by atoms with E-state index in [9.17, 15) is 18.0 Å². The number of carbonyl (C=O) groups is 1. The normalized spacial score (nSPS) is 11.6. The van der Waals surface area contributed by atoms with Crippen molar-refractivity contribution in [3.8, 4) is 0 Å². The summed E-state index contributed by atoms with van der Waals surface area (Å²) in [7, 11) is 0. The Bertz CT molecular complexity index is 389. The lowest BCUT2D eigenvalue weighted by Gasteiger charge is -2.08. The number of hydrogen-bond donors (Lipinski definition) is 2. The van der Waals surface area contributed by atoms with Gasteiger partial charge in [-0.2, -0.15) is 13.2 Å². The highest BCUT2D eigenvalue weighted by Gasteiger charge is 2.27. The summed E-state index contributed by atoms with van der Waals surface area (Å²) in [6.07, 6.45) is -4.41. The lowest BCUT2D eigenvalue weighted by molar-refractivity contribution is -0.122. The fourth-order valence-electron chi connectivity index (χ4n) is 0.931. The summed E-state index contributed by atoms with van der Waals surface area (Å²) in [5.41, 5.74) is 0.793. The Labute approximate surface area is 100 Å². The van der Waals surface area contributed by atoms with Gasteiger partial charge in [0.25, 0.3) is 0 Å². The van der Waals surface area contributed by atoms with Gasteiger partial charge in [0.05, 0.1) is 5.69 Å². The molecule has 0 aliphatic rings. The third kappa shape index (κ3) is 5.03. The van der Waals surface area contributed by atoms with Gasteiger partial charge in [-0.05, 0) is 5.92 Å². The van der Waals surface area contributed by atoms with Gasteiger partial charge in [0, 0.05) is 5.38 Å². The molecular weight excluding hydrogens is 255 g/mol. The van der Waals surface area contributed by atoms with Gasteiger partial charge in [0.15, 0.2) is 5.13 Å². The highest BCUT2D eigenvalue weighted by atomic mass is 32.1. The molecule has 2 amide bonds. The van der Waals surface area contributed by atoms with Crippen LogP contribution in [0.5, 0.6) is 0 Å². The number of hydrogen-bond acceptors (Lipinski definition) is 3. The molecule has 1 aromatic rings. The standard InChI is InChI=1S/C9H12F3N3OS/c1-5(2)6-3-17-8(14-6)15-7(16)13-4-9(10,11)12/h3,5H,4H2,1-2H3,(H2,13,14,15,16). The molecule has 0 saturated carbocycles. The van der Waals surface area contributed by atoms with Crippen LogP contribution in [0.4, 0.5) is 23.1 Å². The lowest BCUT2D eigenvalue weighted by Crippen LogP contribution is -2.36. The van der Waals surface area contributed by atoms with Gasteiger partial charge in [-0.1, -0.05) is 13.8 Å². The summed E-state index contributed by atoms with van der Waals surface area (Å²) in [5, 5.41) is 5.99. The SMILES string of the molecule is CC(C)c1csc(NC(=O)NCC(F)(F)F)n1. The van der Waals surface area contributed by atoms with Crippen LogP contribution < -0.4 is 10.6 Å². The zero-order valence-corrected chi connectivity index (χ0v) is 10.1. The fourth-order valence-corrected chi connectivity index (χ4v) is 1.80. The maximum Gasteiger partial charge on any atom is 0.405 e. The number of alkyl halides is 3. The van der Waals surface area contributed by atoms with Crippen LogP contribution in [0, 0.1) is 0 Å². The number of aromatic nitrogens is 1. The third-order valence-electron chi connectivity index (χ3n) is 1.78. The van der Waals surface area contributed by atoms with Crippen LogP contribution >= 0.6 is 11.3 Å². The first-order valence-electron chi connectivity index (χ1n) is 4.85. The number of rotatable bonds is 3. The Morgan fingerprint density at radius 3 is 2.65 bits per heavy atom. The van der Waals surface area contributed by atoms with E-state index in [0.717, 1.165) is 5.69 Å². The highest BCUT2D eigenvalue weighted by Crippen LogP contribution is 2.21. The second-order valence-corrected chi connectivity index (χ2v) is 4.51. The van der Waals surface area contributed by atoms with Crippen LogP contribution in [0.2, 0.25) is 0 Å². The average Bonchev–Trinajstić information content (AvgIpc) is 2.62. The van der Waals surface area contributed by atoms with Crippen LogP contribution in [-0.4, -0.2) is 23.7 Å².